The zero-order valence-electron chi connectivity index (χ0n) is 13.3. The molecule has 1 amide bonds. The molecule has 0 aliphatic carbocycles. The molecule has 0 atom stereocenters. The molecule has 1 aliphatic rings. The monoisotopic (exact) mass is 341 g/mol. The molecule has 0 bridgehead atoms. The zero-order valence-corrected chi connectivity index (χ0v) is 14.1. The van der Waals surface area contributed by atoms with E-state index in [1.165, 1.54) is 5.69 Å². The minimum atomic E-state index is 0.0141. The maximum atomic E-state index is 12.2. The SMILES string of the molecule is O=C(CCc1cc2n(n1)CCCNC2)Nc1ccc2ncsc2c1. The second kappa shape index (κ2) is 6.70. The highest BCUT2D eigenvalue weighted by Crippen LogP contribution is 2.22. The number of hydrogen-bond acceptors (Lipinski definition) is 5. The van der Waals surface area contributed by atoms with E-state index < -0.39 is 0 Å². The van der Waals surface area contributed by atoms with Gasteiger partial charge >= 0.3 is 0 Å². The minimum Gasteiger partial charge on any atom is -0.326 e. The van der Waals surface area contributed by atoms with Gasteiger partial charge in [0.2, 0.25) is 5.91 Å². The summed E-state index contributed by atoms with van der Waals surface area (Å²) in [6.45, 7) is 2.84. The van der Waals surface area contributed by atoms with Gasteiger partial charge in [0, 0.05) is 31.6 Å². The van der Waals surface area contributed by atoms with Crippen LogP contribution in [0, 0.1) is 0 Å². The van der Waals surface area contributed by atoms with Gasteiger partial charge in [0.15, 0.2) is 0 Å². The molecule has 1 aromatic carbocycles. The normalized spacial score (nSPS) is 14.3. The van der Waals surface area contributed by atoms with E-state index in [4.69, 9.17) is 0 Å². The van der Waals surface area contributed by atoms with Crippen LogP contribution < -0.4 is 10.6 Å². The van der Waals surface area contributed by atoms with Crippen LogP contribution in [0.25, 0.3) is 10.2 Å². The fraction of sp³-hybridized carbons (Fsp3) is 0.353. The molecular weight excluding hydrogens is 322 g/mol. The van der Waals surface area contributed by atoms with Crippen LogP contribution in [-0.2, 0) is 24.3 Å². The van der Waals surface area contributed by atoms with E-state index in [0.717, 1.165) is 47.7 Å². The largest absolute Gasteiger partial charge is 0.326 e. The quantitative estimate of drug-likeness (QED) is 0.765. The molecule has 0 unspecified atom stereocenters. The van der Waals surface area contributed by atoms with E-state index in [-0.39, 0.29) is 5.91 Å². The Balaban J connectivity index is 1.36. The summed E-state index contributed by atoms with van der Waals surface area (Å²) in [5, 5.41) is 11.0. The third-order valence-electron chi connectivity index (χ3n) is 4.17. The second-order valence-electron chi connectivity index (χ2n) is 5.96. The fourth-order valence-electron chi connectivity index (χ4n) is 2.94. The number of carbonyl (C=O) groups is 1. The van der Waals surface area contributed by atoms with Crippen molar-refractivity contribution in [2.75, 3.05) is 11.9 Å². The van der Waals surface area contributed by atoms with E-state index >= 15 is 0 Å². The molecule has 24 heavy (non-hydrogen) atoms. The summed E-state index contributed by atoms with van der Waals surface area (Å²) in [4.78, 5) is 16.4. The van der Waals surface area contributed by atoms with Crippen LogP contribution in [0.15, 0.2) is 29.8 Å². The van der Waals surface area contributed by atoms with Gasteiger partial charge in [0.25, 0.3) is 0 Å². The first kappa shape index (κ1) is 15.3. The van der Waals surface area contributed by atoms with E-state index in [1.807, 2.05) is 23.7 Å². The molecule has 124 valence electrons. The summed E-state index contributed by atoms with van der Waals surface area (Å²) in [6, 6.07) is 7.90. The Labute approximate surface area is 143 Å². The molecule has 2 aromatic heterocycles. The number of aryl methyl sites for hydroxylation is 2. The Bertz CT molecular complexity index is 845. The number of thiazole rings is 1. The lowest BCUT2D eigenvalue weighted by Gasteiger charge is -2.04. The van der Waals surface area contributed by atoms with Crippen molar-refractivity contribution in [2.24, 2.45) is 0 Å². The van der Waals surface area contributed by atoms with Crippen molar-refractivity contribution in [3.05, 3.63) is 41.2 Å². The van der Waals surface area contributed by atoms with Gasteiger partial charge < -0.3 is 10.6 Å². The average molecular weight is 341 g/mol. The molecule has 6 nitrogen and oxygen atoms in total. The molecule has 1 aliphatic heterocycles. The van der Waals surface area contributed by atoms with Gasteiger partial charge in [-0.05, 0) is 37.2 Å². The molecule has 4 rings (SSSR count). The number of amides is 1. The topological polar surface area (TPSA) is 71.8 Å². The number of rotatable bonds is 4. The highest BCUT2D eigenvalue weighted by Gasteiger charge is 2.12. The van der Waals surface area contributed by atoms with Crippen molar-refractivity contribution in [1.82, 2.24) is 20.1 Å². The van der Waals surface area contributed by atoms with Crippen molar-refractivity contribution in [2.45, 2.75) is 32.4 Å². The molecule has 0 fully saturated rings. The van der Waals surface area contributed by atoms with Gasteiger partial charge in [-0.15, -0.1) is 11.3 Å². The Morgan fingerprint density at radius 2 is 2.33 bits per heavy atom. The Morgan fingerprint density at radius 3 is 3.29 bits per heavy atom. The van der Waals surface area contributed by atoms with Crippen LogP contribution in [0.1, 0.15) is 24.2 Å². The van der Waals surface area contributed by atoms with E-state index in [2.05, 4.69) is 31.5 Å². The highest BCUT2D eigenvalue weighted by atomic mass is 32.1. The van der Waals surface area contributed by atoms with Crippen molar-refractivity contribution >= 4 is 33.1 Å². The maximum Gasteiger partial charge on any atom is 0.224 e. The van der Waals surface area contributed by atoms with Crippen molar-refractivity contribution in [1.29, 1.82) is 0 Å². The molecule has 2 N–H and O–H groups in total. The average Bonchev–Trinajstić information content (AvgIpc) is 3.14. The summed E-state index contributed by atoms with van der Waals surface area (Å²) in [5.74, 6) is 0.0141. The van der Waals surface area contributed by atoms with Gasteiger partial charge in [0.1, 0.15) is 0 Å². The Hall–Kier alpha value is -2.25. The number of nitrogens with zero attached hydrogens (tertiary/aromatic N) is 3. The fourth-order valence-corrected chi connectivity index (χ4v) is 3.66. The summed E-state index contributed by atoms with van der Waals surface area (Å²) in [6.07, 6.45) is 2.19. The highest BCUT2D eigenvalue weighted by molar-refractivity contribution is 7.16. The van der Waals surface area contributed by atoms with Gasteiger partial charge in [-0.1, -0.05) is 0 Å². The zero-order chi connectivity index (χ0) is 16.4. The van der Waals surface area contributed by atoms with Gasteiger partial charge in [0.05, 0.1) is 27.1 Å². The first-order chi connectivity index (χ1) is 11.8. The van der Waals surface area contributed by atoms with Crippen LogP contribution in [-0.4, -0.2) is 27.2 Å². The predicted molar refractivity (Wildman–Crippen MR) is 95.1 cm³/mol. The van der Waals surface area contributed by atoms with E-state index in [0.29, 0.717) is 12.8 Å². The Morgan fingerprint density at radius 1 is 1.38 bits per heavy atom. The first-order valence-corrected chi connectivity index (χ1v) is 9.05. The molecule has 7 heteroatoms. The van der Waals surface area contributed by atoms with Gasteiger partial charge in [-0.3, -0.25) is 9.48 Å². The van der Waals surface area contributed by atoms with Gasteiger partial charge in [-0.25, -0.2) is 4.98 Å². The maximum absolute atomic E-state index is 12.2. The number of aromatic nitrogens is 3. The third-order valence-corrected chi connectivity index (χ3v) is 4.96. The van der Waals surface area contributed by atoms with Crippen LogP contribution in [0.4, 0.5) is 5.69 Å². The number of anilines is 1. The van der Waals surface area contributed by atoms with Crippen molar-refractivity contribution < 1.29 is 4.79 Å². The number of fused-ring (bicyclic) bond motifs is 2. The van der Waals surface area contributed by atoms with Crippen LogP contribution in [0.2, 0.25) is 0 Å². The molecule has 3 aromatic rings. The molecule has 0 spiro atoms. The molecule has 0 saturated heterocycles. The summed E-state index contributed by atoms with van der Waals surface area (Å²) >= 11 is 1.57. The Kier molecular flexibility index (Phi) is 4.27. The number of nitrogens with one attached hydrogen (secondary N) is 2. The van der Waals surface area contributed by atoms with E-state index in [1.54, 1.807) is 11.3 Å². The molecule has 0 saturated carbocycles. The lowest BCUT2D eigenvalue weighted by Crippen LogP contribution is -2.12. The lowest BCUT2D eigenvalue weighted by molar-refractivity contribution is -0.116. The molecular formula is C17H19N5OS. The van der Waals surface area contributed by atoms with Crippen LogP contribution in [0.3, 0.4) is 0 Å². The lowest BCUT2D eigenvalue weighted by atomic mass is 10.2. The van der Waals surface area contributed by atoms with Crippen molar-refractivity contribution in [3.63, 3.8) is 0 Å². The minimum absolute atomic E-state index is 0.0141. The molecule has 0 radical (unpaired) electrons. The number of carbonyl (C=O) groups excluding carboxylic acids is 1. The van der Waals surface area contributed by atoms with Crippen LogP contribution >= 0.6 is 11.3 Å². The third kappa shape index (κ3) is 3.32. The van der Waals surface area contributed by atoms with Crippen LogP contribution in [0.5, 0.6) is 0 Å². The second-order valence-corrected chi connectivity index (χ2v) is 6.85. The van der Waals surface area contributed by atoms with Crippen molar-refractivity contribution in [3.8, 4) is 0 Å². The van der Waals surface area contributed by atoms with E-state index in [9.17, 15) is 4.79 Å². The standard InChI is InChI=1S/C17H19N5OS/c23-17(20-12-2-4-15-16(9-12)24-11-19-15)5-3-13-8-14-10-18-6-1-7-22(14)21-13/h2,4,8-9,11,18H,1,3,5-7,10H2,(H,20,23). The molecule has 3 heterocycles. The number of benzene rings is 1. The summed E-state index contributed by atoms with van der Waals surface area (Å²) in [5.41, 5.74) is 5.79. The smallest absolute Gasteiger partial charge is 0.224 e. The summed E-state index contributed by atoms with van der Waals surface area (Å²) in [7, 11) is 0. The number of hydrogen-bond donors (Lipinski definition) is 2. The predicted octanol–water partition coefficient (Wildman–Crippen LogP) is 2.56. The first-order valence-electron chi connectivity index (χ1n) is 8.17. The van der Waals surface area contributed by atoms with Gasteiger partial charge in [-0.2, -0.15) is 5.10 Å². The summed E-state index contributed by atoms with van der Waals surface area (Å²) < 4.78 is 3.14.